The maximum absolute atomic E-state index is 12.6. The number of aliphatic hydroxyl groups excluding tert-OH is 1. The lowest BCUT2D eigenvalue weighted by molar-refractivity contribution is 0.199. The van der Waals surface area contributed by atoms with Gasteiger partial charge in [0, 0.05) is 31.0 Å². The molecule has 112 valence electrons. The van der Waals surface area contributed by atoms with Crippen LogP contribution in [0.25, 0.3) is 0 Å². The van der Waals surface area contributed by atoms with Crippen LogP contribution in [0.4, 0.5) is 0 Å². The van der Waals surface area contributed by atoms with Gasteiger partial charge in [-0.15, -0.1) is 0 Å². The van der Waals surface area contributed by atoms with E-state index in [-0.39, 0.29) is 24.1 Å². The zero-order valence-electron chi connectivity index (χ0n) is 11.3. The molecule has 6 nitrogen and oxygen atoms in total. The molecular formula is C13H20N2O4S. The summed E-state index contributed by atoms with van der Waals surface area (Å²) in [5.41, 5.74) is -0.525. The van der Waals surface area contributed by atoms with Gasteiger partial charge in [0.05, 0.1) is 6.61 Å². The average Bonchev–Trinajstić information content (AvgIpc) is 2.45. The van der Waals surface area contributed by atoms with Crippen LogP contribution in [0.5, 0.6) is 0 Å². The molecule has 0 amide bonds. The fourth-order valence-corrected chi connectivity index (χ4v) is 4.41. The Morgan fingerprint density at radius 1 is 1.30 bits per heavy atom. The summed E-state index contributed by atoms with van der Waals surface area (Å²) in [6, 6.07) is 1.07. The van der Waals surface area contributed by atoms with E-state index in [1.165, 1.54) is 22.8 Å². The largest absolute Gasteiger partial charge is 0.395 e. The van der Waals surface area contributed by atoms with Gasteiger partial charge in [0.2, 0.25) is 15.5 Å². The van der Waals surface area contributed by atoms with E-state index in [9.17, 15) is 13.2 Å². The van der Waals surface area contributed by atoms with Gasteiger partial charge >= 0.3 is 0 Å². The van der Waals surface area contributed by atoms with Gasteiger partial charge in [0.15, 0.2) is 0 Å². The molecule has 0 spiro atoms. The molecule has 2 N–H and O–H groups in total. The van der Waals surface area contributed by atoms with Crippen molar-refractivity contribution >= 4 is 10.0 Å². The van der Waals surface area contributed by atoms with Gasteiger partial charge in [-0.3, -0.25) is 4.79 Å². The Kier molecular flexibility index (Phi) is 4.95. The number of nitrogens with zero attached hydrogens (tertiary/aromatic N) is 1. The van der Waals surface area contributed by atoms with E-state index in [1.807, 2.05) is 0 Å². The van der Waals surface area contributed by atoms with Crippen molar-refractivity contribution in [2.45, 2.75) is 43.0 Å². The van der Waals surface area contributed by atoms with E-state index in [0.29, 0.717) is 0 Å². The van der Waals surface area contributed by atoms with Crippen molar-refractivity contribution < 1.29 is 13.5 Å². The molecule has 1 aromatic heterocycles. The smallest absolute Gasteiger partial charge is 0.248 e. The molecule has 0 aliphatic heterocycles. The second-order valence-corrected chi connectivity index (χ2v) is 6.86. The van der Waals surface area contributed by atoms with Crippen LogP contribution in [0.1, 0.15) is 32.1 Å². The maximum Gasteiger partial charge on any atom is 0.248 e. The van der Waals surface area contributed by atoms with Crippen molar-refractivity contribution in [3.63, 3.8) is 0 Å². The summed E-state index contributed by atoms with van der Waals surface area (Å²) in [7, 11) is -3.86. The minimum Gasteiger partial charge on any atom is -0.395 e. The Hall–Kier alpha value is -1.18. The van der Waals surface area contributed by atoms with Crippen molar-refractivity contribution in [1.29, 1.82) is 0 Å². The average molecular weight is 300 g/mol. The molecule has 2 rings (SSSR count). The Labute approximate surface area is 118 Å². The minimum absolute atomic E-state index is 0.0291. The number of aromatic nitrogens is 1. The Morgan fingerprint density at radius 2 is 2.00 bits per heavy atom. The highest BCUT2D eigenvalue weighted by atomic mass is 32.2. The Balaban J connectivity index is 2.37. The molecule has 7 heteroatoms. The number of aromatic amines is 1. The molecular weight excluding hydrogens is 280 g/mol. The zero-order valence-corrected chi connectivity index (χ0v) is 12.1. The first-order chi connectivity index (χ1) is 9.57. The Bertz CT molecular complexity index is 590. The van der Waals surface area contributed by atoms with Gasteiger partial charge < -0.3 is 10.1 Å². The predicted octanol–water partition coefficient (Wildman–Crippen LogP) is 0.691. The molecule has 1 aliphatic carbocycles. The van der Waals surface area contributed by atoms with Crippen LogP contribution in [-0.2, 0) is 10.0 Å². The van der Waals surface area contributed by atoms with Crippen molar-refractivity contribution in [2.75, 3.05) is 13.2 Å². The highest BCUT2D eigenvalue weighted by Gasteiger charge is 2.33. The first kappa shape index (κ1) is 15.2. The molecule has 0 unspecified atom stereocenters. The maximum atomic E-state index is 12.6. The van der Waals surface area contributed by atoms with E-state index in [1.54, 1.807) is 0 Å². The lowest BCUT2D eigenvalue weighted by Gasteiger charge is -2.32. The van der Waals surface area contributed by atoms with E-state index in [2.05, 4.69) is 4.98 Å². The summed E-state index contributed by atoms with van der Waals surface area (Å²) < 4.78 is 26.6. The molecule has 0 radical (unpaired) electrons. The summed E-state index contributed by atoms with van der Waals surface area (Å²) in [6.07, 6.45) is 7.24. The molecule has 0 bridgehead atoms. The van der Waals surface area contributed by atoms with Crippen LogP contribution in [0, 0.1) is 0 Å². The van der Waals surface area contributed by atoms with Gasteiger partial charge in [-0.05, 0) is 12.8 Å². The molecule has 1 fully saturated rings. The monoisotopic (exact) mass is 300 g/mol. The van der Waals surface area contributed by atoms with Gasteiger partial charge in [0.25, 0.3) is 0 Å². The van der Waals surface area contributed by atoms with E-state index < -0.39 is 15.5 Å². The minimum atomic E-state index is -3.86. The molecule has 1 heterocycles. The Morgan fingerprint density at radius 3 is 2.60 bits per heavy atom. The summed E-state index contributed by atoms with van der Waals surface area (Å²) in [5.74, 6) is 0. The van der Waals surface area contributed by atoms with Crippen LogP contribution in [0.3, 0.4) is 0 Å². The highest BCUT2D eigenvalue weighted by Crippen LogP contribution is 2.26. The van der Waals surface area contributed by atoms with E-state index in [4.69, 9.17) is 5.11 Å². The first-order valence-corrected chi connectivity index (χ1v) is 8.31. The number of hydrogen-bond acceptors (Lipinski definition) is 4. The third-order valence-corrected chi connectivity index (χ3v) is 5.65. The second-order valence-electron chi connectivity index (χ2n) is 5.00. The fourth-order valence-electron chi connectivity index (χ4n) is 2.70. The number of hydrogen-bond donors (Lipinski definition) is 2. The lowest BCUT2D eigenvalue weighted by atomic mass is 9.95. The van der Waals surface area contributed by atoms with Gasteiger partial charge in [-0.1, -0.05) is 19.3 Å². The van der Waals surface area contributed by atoms with Gasteiger partial charge in [-0.2, -0.15) is 4.31 Å². The van der Waals surface area contributed by atoms with Crippen molar-refractivity contribution in [2.24, 2.45) is 0 Å². The lowest BCUT2D eigenvalue weighted by Crippen LogP contribution is -2.44. The van der Waals surface area contributed by atoms with Crippen LogP contribution < -0.4 is 5.43 Å². The summed E-state index contributed by atoms with van der Waals surface area (Å²) in [4.78, 5) is 14.2. The number of nitrogens with one attached hydrogen (secondary N) is 1. The third-order valence-electron chi connectivity index (χ3n) is 3.68. The second kappa shape index (κ2) is 6.51. The fraction of sp³-hybridized carbons (Fsp3) is 0.615. The summed E-state index contributed by atoms with van der Waals surface area (Å²) in [6.45, 7) is -0.220. The number of aliphatic hydroxyl groups is 1. The van der Waals surface area contributed by atoms with Crippen molar-refractivity contribution in [3.05, 3.63) is 28.7 Å². The summed E-state index contributed by atoms with van der Waals surface area (Å²) in [5, 5.41) is 9.15. The number of rotatable bonds is 5. The van der Waals surface area contributed by atoms with Gasteiger partial charge in [0.1, 0.15) is 4.90 Å². The molecule has 1 aromatic rings. The van der Waals surface area contributed by atoms with Crippen LogP contribution in [-0.4, -0.2) is 42.0 Å². The topological polar surface area (TPSA) is 90.5 Å². The number of sulfonamides is 1. The van der Waals surface area contributed by atoms with Crippen LogP contribution in [0.2, 0.25) is 0 Å². The van der Waals surface area contributed by atoms with Crippen LogP contribution in [0.15, 0.2) is 28.2 Å². The highest BCUT2D eigenvalue weighted by molar-refractivity contribution is 7.89. The first-order valence-electron chi connectivity index (χ1n) is 6.87. The quantitative estimate of drug-likeness (QED) is 0.837. The zero-order chi connectivity index (χ0) is 14.6. The molecule has 1 saturated carbocycles. The van der Waals surface area contributed by atoms with Crippen molar-refractivity contribution in [3.8, 4) is 0 Å². The predicted molar refractivity (Wildman–Crippen MR) is 74.9 cm³/mol. The third kappa shape index (κ3) is 3.11. The van der Waals surface area contributed by atoms with E-state index in [0.717, 1.165) is 32.1 Å². The van der Waals surface area contributed by atoms with Gasteiger partial charge in [-0.25, -0.2) is 8.42 Å². The standard InChI is InChI=1S/C13H20N2O4S/c16-9-8-15(11-4-2-1-3-5-11)20(18,19)13-10-14-7-6-12(13)17/h6-7,10-11,16H,1-5,8-9H2,(H,14,17). The van der Waals surface area contributed by atoms with Crippen molar-refractivity contribution in [1.82, 2.24) is 9.29 Å². The van der Waals surface area contributed by atoms with E-state index >= 15 is 0 Å². The molecule has 0 saturated heterocycles. The number of pyridine rings is 1. The van der Waals surface area contributed by atoms with Crippen LogP contribution >= 0.6 is 0 Å². The normalized spacial score (nSPS) is 17.5. The number of H-pyrrole nitrogens is 1. The SMILES string of the molecule is O=c1cc[nH]cc1S(=O)(=O)N(CCO)C1CCCCC1. The molecule has 0 aromatic carbocycles. The molecule has 1 aliphatic rings. The molecule has 20 heavy (non-hydrogen) atoms. The summed E-state index contributed by atoms with van der Waals surface area (Å²) >= 11 is 0. The molecule has 0 atom stereocenters.